The molecule has 0 aliphatic carbocycles. The van der Waals surface area contributed by atoms with E-state index in [2.05, 4.69) is 31.7 Å². The Morgan fingerprint density at radius 1 is 1.04 bits per heavy atom. The molecule has 0 aromatic heterocycles. The summed E-state index contributed by atoms with van der Waals surface area (Å²) in [6.45, 7) is 9.66. The lowest BCUT2D eigenvalue weighted by molar-refractivity contribution is 0.330. The van der Waals surface area contributed by atoms with Crippen molar-refractivity contribution < 1.29 is 4.74 Å². The highest BCUT2D eigenvalue weighted by Crippen LogP contribution is 2.31. The summed E-state index contributed by atoms with van der Waals surface area (Å²) < 4.78 is 5.80. The smallest absolute Gasteiger partial charge is 0.146 e. The summed E-state index contributed by atoms with van der Waals surface area (Å²) in [4.78, 5) is 2.39. The van der Waals surface area contributed by atoms with E-state index in [0.29, 0.717) is 15.8 Å². The van der Waals surface area contributed by atoms with Gasteiger partial charge in [-0.2, -0.15) is 0 Å². The zero-order valence-electron chi connectivity index (χ0n) is 14.4. The highest BCUT2D eigenvalue weighted by molar-refractivity contribution is 6.35. The van der Waals surface area contributed by atoms with Crippen molar-refractivity contribution in [3.8, 4) is 11.5 Å². The molecule has 0 fully saturated rings. The maximum Gasteiger partial charge on any atom is 0.146 e. The standard InChI is InChI=1S/C20H23Cl2NO/c1-4-23(5-2)14-15(3)12-16-6-9-18(10-7-16)24-20-11-8-17(21)13-19(20)22/h6-13H,4-5,14H2,1-3H3/b15-12-. The van der Waals surface area contributed by atoms with Crippen molar-refractivity contribution in [2.75, 3.05) is 19.6 Å². The van der Waals surface area contributed by atoms with Crippen molar-refractivity contribution in [3.05, 3.63) is 63.6 Å². The van der Waals surface area contributed by atoms with Gasteiger partial charge < -0.3 is 4.74 Å². The van der Waals surface area contributed by atoms with Gasteiger partial charge in [0, 0.05) is 11.6 Å². The van der Waals surface area contributed by atoms with Gasteiger partial charge in [-0.25, -0.2) is 0 Å². The molecule has 0 atom stereocenters. The van der Waals surface area contributed by atoms with Crippen LogP contribution in [0.15, 0.2) is 48.0 Å². The largest absolute Gasteiger partial charge is 0.456 e. The summed E-state index contributed by atoms with van der Waals surface area (Å²) in [5, 5.41) is 1.10. The van der Waals surface area contributed by atoms with Gasteiger partial charge in [0.25, 0.3) is 0 Å². The number of halogens is 2. The Balaban J connectivity index is 2.04. The number of hydrogen-bond donors (Lipinski definition) is 0. The zero-order valence-corrected chi connectivity index (χ0v) is 15.9. The maximum absolute atomic E-state index is 6.13. The fourth-order valence-corrected chi connectivity index (χ4v) is 2.89. The van der Waals surface area contributed by atoms with Gasteiger partial charge in [-0.15, -0.1) is 0 Å². The fourth-order valence-electron chi connectivity index (χ4n) is 2.45. The minimum absolute atomic E-state index is 0.501. The molecule has 2 aromatic carbocycles. The third-order valence-corrected chi connectivity index (χ3v) is 4.31. The molecule has 4 heteroatoms. The monoisotopic (exact) mass is 363 g/mol. The molecule has 0 amide bonds. The second kappa shape index (κ2) is 9.12. The number of ether oxygens (including phenoxy) is 1. The van der Waals surface area contributed by atoms with E-state index in [1.165, 1.54) is 5.57 Å². The molecular formula is C20H23Cl2NO. The number of nitrogens with zero attached hydrogens (tertiary/aromatic N) is 1. The van der Waals surface area contributed by atoms with Crippen molar-refractivity contribution in [2.24, 2.45) is 0 Å². The molecule has 0 aliphatic rings. The Kier molecular flexibility index (Phi) is 7.16. The van der Waals surface area contributed by atoms with E-state index in [1.807, 2.05) is 24.3 Å². The van der Waals surface area contributed by atoms with Crippen LogP contribution < -0.4 is 4.74 Å². The van der Waals surface area contributed by atoms with Crippen molar-refractivity contribution >= 4 is 29.3 Å². The molecule has 2 rings (SSSR count). The molecule has 0 unspecified atom stereocenters. The Morgan fingerprint density at radius 2 is 1.71 bits per heavy atom. The van der Waals surface area contributed by atoms with Crippen molar-refractivity contribution in [1.29, 1.82) is 0 Å². The van der Waals surface area contributed by atoms with E-state index in [9.17, 15) is 0 Å². The first-order valence-electron chi connectivity index (χ1n) is 8.14. The summed E-state index contributed by atoms with van der Waals surface area (Å²) in [5.74, 6) is 1.35. The molecule has 0 aliphatic heterocycles. The Bertz CT molecular complexity index is 691. The van der Waals surface area contributed by atoms with Crippen LogP contribution >= 0.6 is 23.2 Å². The molecule has 0 bridgehead atoms. The molecule has 128 valence electrons. The molecule has 0 spiro atoms. The molecule has 2 nitrogen and oxygen atoms in total. The Morgan fingerprint density at radius 3 is 2.29 bits per heavy atom. The summed E-state index contributed by atoms with van der Waals surface area (Å²) in [6.07, 6.45) is 2.21. The van der Waals surface area contributed by atoms with Gasteiger partial charge in [0.1, 0.15) is 11.5 Å². The van der Waals surface area contributed by atoms with Gasteiger partial charge in [0.15, 0.2) is 0 Å². The van der Waals surface area contributed by atoms with Crippen molar-refractivity contribution in [3.63, 3.8) is 0 Å². The summed E-state index contributed by atoms with van der Waals surface area (Å²) >= 11 is 12.0. The highest BCUT2D eigenvalue weighted by atomic mass is 35.5. The quantitative estimate of drug-likeness (QED) is 0.554. The van der Waals surface area contributed by atoms with E-state index in [4.69, 9.17) is 27.9 Å². The minimum atomic E-state index is 0.501. The lowest BCUT2D eigenvalue weighted by Crippen LogP contribution is -2.24. The van der Waals surface area contributed by atoms with Crippen LogP contribution in [-0.4, -0.2) is 24.5 Å². The molecule has 0 heterocycles. The van der Waals surface area contributed by atoms with E-state index in [0.717, 1.165) is 30.9 Å². The van der Waals surface area contributed by atoms with Crippen LogP contribution in [0.2, 0.25) is 10.0 Å². The topological polar surface area (TPSA) is 12.5 Å². The number of benzene rings is 2. The van der Waals surface area contributed by atoms with Crippen LogP contribution in [-0.2, 0) is 0 Å². The zero-order chi connectivity index (χ0) is 17.5. The Labute approximate surface area is 154 Å². The highest BCUT2D eigenvalue weighted by Gasteiger charge is 2.04. The molecular weight excluding hydrogens is 341 g/mol. The van der Waals surface area contributed by atoms with Crippen LogP contribution in [0.3, 0.4) is 0 Å². The van der Waals surface area contributed by atoms with E-state index in [1.54, 1.807) is 18.2 Å². The van der Waals surface area contributed by atoms with E-state index < -0.39 is 0 Å². The van der Waals surface area contributed by atoms with E-state index >= 15 is 0 Å². The van der Waals surface area contributed by atoms with Crippen LogP contribution in [0.1, 0.15) is 26.3 Å². The number of rotatable bonds is 7. The first-order valence-corrected chi connectivity index (χ1v) is 8.90. The third kappa shape index (κ3) is 5.55. The minimum Gasteiger partial charge on any atom is -0.456 e. The van der Waals surface area contributed by atoms with Gasteiger partial charge in [0.05, 0.1) is 5.02 Å². The lowest BCUT2D eigenvalue weighted by Gasteiger charge is -2.18. The Hall–Kier alpha value is -1.48. The van der Waals surface area contributed by atoms with Crippen molar-refractivity contribution in [2.45, 2.75) is 20.8 Å². The average Bonchev–Trinajstić information content (AvgIpc) is 2.57. The molecule has 24 heavy (non-hydrogen) atoms. The molecule has 0 saturated heterocycles. The van der Waals surface area contributed by atoms with Crippen LogP contribution in [0, 0.1) is 0 Å². The molecule has 0 saturated carbocycles. The SMILES string of the molecule is CCN(CC)C/C(C)=C\c1ccc(Oc2ccc(Cl)cc2Cl)cc1. The van der Waals surface area contributed by atoms with E-state index in [-0.39, 0.29) is 0 Å². The van der Waals surface area contributed by atoms with Crippen LogP contribution in [0.4, 0.5) is 0 Å². The lowest BCUT2D eigenvalue weighted by atomic mass is 10.1. The van der Waals surface area contributed by atoms with Crippen LogP contribution in [0.5, 0.6) is 11.5 Å². The molecule has 0 N–H and O–H groups in total. The molecule has 0 radical (unpaired) electrons. The second-order valence-electron chi connectivity index (χ2n) is 5.70. The second-order valence-corrected chi connectivity index (χ2v) is 6.54. The van der Waals surface area contributed by atoms with Gasteiger partial charge >= 0.3 is 0 Å². The number of likely N-dealkylation sites (N-methyl/N-ethyl adjacent to an activating group) is 1. The number of hydrogen-bond acceptors (Lipinski definition) is 2. The maximum atomic E-state index is 6.13. The normalized spacial score (nSPS) is 11.8. The van der Waals surface area contributed by atoms with Gasteiger partial charge in [0.2, 0.25) is 0 Å². The first kappa shape index (κ1) is 18.9. The van der Waals surface area contributed by atoms with Crippen molar-refractivity contribution in [1.82, 2.24) is 4.90 Å². The average molecular weight is 364 g/mol. The summed E-state index contributed by atoms with van der Waals surface area (Å²) in [7, 11) is 0. The first-order chi connectivity index (χ1) is 11.5. The fraction of sp³-hybridized carbons (Fsp3) is 0.300. The van der Waals surface area contributed by atoms with Crippen LogP contribution in [0.25, 0.3) is 6.08 Å². The summed E-state index contributed by atoms with van der Waals surface area (Å²) in [6, 6.07) is 13.2. The molecule has 2 aromatic rings. The van der Waals surface area contributed by atoms with Gasteiger partial charge in [-0.05, 0) is 55.9 Å². The van der Waals surface area contributed by atoms with Gasteiger partial charge in [-0.3, -0.25) is 4.90 Å². The van der Waals surface area contributed by atoms with Gasteiger partial charge in [-0.1, -0.05) is 60.8 Å². The third-order valence-electron chi connectivity index (χ3n) is 3.78. The predicted molar refractivity (Wildman–Crippen MR) is 104 cm³/mol. The summed E-state index contributed by atoms with van der Waals surface area (Å²) in [5.41, 5.74) is 2.50. The predicted octanol–water partition coefficient (Wildman–Crippen LogP) is 6.53.